The molecular formula is C60H38S3. The minimum Gasteiger partial charge on any atom is -0.143 e. The van der Waals surface area contributed by atoms with Gasteiger partial charge in [-0.25, -0.2) is 0 Å². The quantitative estimate of drug-likeness (QED) is 0.105. The third-order valence-electron chi connectivity index (χ3n) is 16.0. The molecule has 0 saturated heterocycles. The van der Waals surface area contributed by atoms with Gasteiger partial charge in [-0.3, -0.25) is 0 Å². The maximum Gasteiger partial charge on any atom is 0.0434 e. The van der Waals surface area contributed by atoms with Crippen molar-refractivity contribution < 1.29 is 0 Å². The molecule has 0 radical (unpaired) electrons. The van der Waals surface area contributed by atoms with E-state index in [1.807, 2.05) is 34.0 Å². The molecule has 0 N–H and O–H groups in total. The molecule has 0 spiro atoms. The highest BCUT2D eigenvalue weighted by Gasteiger charge is 2.42. The van der Waals surface area contributed by atoms with Crippen LogP contribution in [-0.4, -0.2) is 0 Å². The van der Waals surface area contributed by atoms with Crippen molar-refractivity contribution in [2.75, 3.05) is 0 Å². The Labute approximate surface area is 376 Å². The molecule has 16 rings (SSSR count). The number of thiophene rings is 3. The number of fused-ring (bicyclic) bond motifs is 29. The highest BCUT2D eigenvalue weighted by Crippen LogP contribution is 2.63. The Morgan fingerprint density at radius 1 is 0.556 bits per heavy atom. The van der Waals surface area contributed by atoms with E-state index >= 15 is 0 Å². The monoisotopic (exact) mass is 854 g/mol. The van der Waals surface area contributed by atoms with Gasteiger partial charge in [0.25, 0.3) is 0 Å². The van der Waals surface area contributed by atoms with E-state index in [-0.39, 0.29) is 11.8 Å². The van der Waals surface area contributed by atoms with Crippen LogP contribution in [0.2, 0.25) is 0 Å². The molecule has 7 aromatic carbocycles. The van der Waals surface area contributed by atoms with Crippen LogP contribution in [0.25, 0.3) is 101 Å². The average molecular weight is 855 g/mol. The molecule has 0 fully saturated rings. The Morgan fingerprint density at radius 3 is 2.30 bits per heavy atom. The van der Waals surface area contributed by atoms with E-state index in [0.717, 1.165) is 12.8 Å². The Kier molecular flexibility index (Phi) is 6.73. The van der Waals surface area contributed by atoms with Crippen LogP contribution < -0.4 is 0 Å². The molecule has 10 aromatic rings. The van der Waals surface area contributed by atoms with Crippen molar-refractivity contribution in [2.45, 2.75) is 37.5 Å². The highest BCUT2D eigenvalue weighted by molar-refractivity contribution is 7.19. The summed E-state index contributed by atoms with van der Waals surface area (Å²) in [7, 11) is 0. The molecule has 296 valence electrons. The lowest BCUT2D eigenvalue weighted by Crippen LogP contribution is -2.23. The van der Waals surface area contributed by atoms with Crippen molar-refractivity contribution >= 4 is 125 Å². The van der Waals surface area contributed by atoms with Gasteiger partial charge in [0.05, 0.1) is 0 Å². The van der Waals surface area contributed by atoms with Gasteiger partial charge < -0.3 is 0 Å². The van der Waals surface area contributed by atoms with Gasteiger partial charge >= 0.3 is 0 Å². The van der Waals surface area contributed by atoms with E-state index in [9.17, 15) is 0 Å². The second-order valence-electron chi connectivity index (χ2n) is 18.9. The summed E-state index contributed by atoms with van der Waals surface area (Å²) in [5.41, 5.74) is 13.5. The largest absolute Gasteiger partial charge is 0.143 e. The lowest BCUT2D eigenvalue weighted by Gasteiger charge is -2.40. The van der Waals surface area contributed by atoms with Crippen LogP contribution in [0.4, 0.5) is 0 Å². The number of rotatable bonds is 0. The number of benzene rings is 7. The maximum absolute atomic E-state index is 2.64. The molecule has 3 heteroatoms. The van der Waals surface area contributed by atoms with Gasteiger partial charge in [0.15, 0.2) is 0 Å². The molecule has 3 heterocycles. The lowest BCUT2D eigenvalue weighted by atomic mass is 9.63. The minimum atomic E-state index is 0.211. The zero-order chi connectivity index (χ0) is 40.7. The number of hydrogen-bond acceptors (Lipinski definition) is 3. The first-order valence-electron chi connectivity index (χ1n) is 22.7. The average Bonchev–Trinajstić information content (AvgIpc) is 4.14. The fourth-order valence-corrected chi connectivity index (χ4v) is 16.3. The van der Waals surface area contributed by atoms with Gasteiger partial charge in [-0.1, -0.05) is 109 Å². The van der Waals surface area contributed by atoms with Crippen LogP contribution in [0.5, 0.6) is 0 Å². The first kappa shape index (κ1) is 34.4. The van der Waals surface area contributed by atoms with E-state index in [1.54, 1.807) is 11.1 Å². The molecule has 6 aliphatic rings. The molecule has 0 bridgehead atoms. The Balaban J connectivity index is 1.13. The van der Waals surface area contributed by atoms with Crippen LogP contribution in [0, 0.1) is 11.8 Å². The molecule has 4 atom stereocenters. The van der Waals surface area contributed by atoms with Gasteiger partial charge in [-0.2, -0.15) is 0 Å². The fourth-order valence-electron chi connectivity index (χ4n) is 13.4. The second-order valence-corrected chi connectivity index (χ2v) is 21.6. The second kappa shape index (κ2) is 12.3. The van der Waals surface area contributed by atoms with Crippen LogP contribution in [0.15, 0.2) is 172 Å². The zero-order valence-electron chi connectivity index (χ0n) is 34.4. The summed E-state index contributed by atoms with van der Waals surface area (Å²) in [6.07, 6.45) is 28.9. The van der Waals surface area contributed by atoms with E-state index in [4.69, 9.17) is 0 Å². The van der Waals surface area contributed by atoms with Crippen LogP contribution >= 0.6 is 34.0 Å². The topological polar surface area (TPSA) is 0 Å². The van der Waals surface area contributed by atoms with Crippen molar-refractivity contribution in [3.8, 4) is 10.4 Å². The van der Waals surface area contributed by atoms with Gasteiger partial charge in [-0.05, 0) is 166 Å². The summed E-state index contributed by atoms with van der Waals surface area (Å²) in [6.45, 7) is 0. The van der Waals surface area contributed by atoms with E-state index in [1.165, 1.54) is 142 Å². The van der Waals surface area contributed by atoms with Gasteiger partial charge in [-0.15, -0.1) is 34.0 Å². The van der Waals surface area contributed by atoms with Crippen LogP contribution in [0.3, 0.4) is 0 Å². The Bertz CT molecular complexity index is 4050. The smallest absolute Gasteiger partial charge is 0.0434 e. The highest BCUT2D eigenvalue weighted by atomic mass is 32.1. The van der Waals surface area contributed by atoms with Crippen LogP contribution in [0.1, 0.15) is 53.4 Å². The van der Waals surface area contributed by atoms with Crippen molar-refractivity contribution in [1.82, 2.24) is 0 Å². The molecule has 3 aromatic heterocycles. The molecule has 0 aliphatic heterocycles. The van der Waals surface area contributed by atoms with Gasteiger partial charge in [0.1, 0.15) is 0 Å². The minimum absolute atomic E-state index is 0.211. The van der Waals surface area contributed by atoms with Crippen molar-refractivity contribution in [2.24, 2.45) is 11.8 Å². The zero-order valence-corrected chi connectivity index (χ0v) is 36.8. The summed E-state index contributed by atoms with van der Waals surface area (Å²) < 4.78 is 2.89. The van der Waals surface area contributed by atoms with Gasteiger partial charge in [0.2, 0.25) is 0 Å². The fraction of sp³-hybridized carbons (Fsp3) is 0.133. The summed E-state index contributed by atoms with van der Waals surface area (Å²) in [5, 5.41) is 26.8. The molecule has 0 amide bonds. The first-order chi connectivity index (χ1) is 31.2. The van der Waals surface area contributed by atoms with Crippen LogP contribution in [-0.2, 0) is 6.42 Å². The first-order valence-corrected chi connectivity index (χ1v) is 25.3. The maximum atomic E-state index is 2.64. The van der Waals surface area contributed by atoms with Crippen molar-refractivity contribution in [3.05, 3.63) is 194 Å². The normalized spacial score (nSPS) is 21.9. The predicted molar refractivity (Wildman–Crippen MR) is 275 cm³/mol. The third-order valence-corrected chi connectivity index (χ3v) is 18.8. The Morgan fingerprint density at radius 2 is 1.38 bits per heavy atom. The molecule has 0 saturated carbocycles. The van der Waals surface area contributed by atoms with Crippen molar-refractivity contribution in [3.63, 3.8) is 0 Å². The van der Waals surface area contributed by atoms with E-state index in [2.05, 4.69) is 156 Å². The SMILES string of the molecule is C1=CC2=CC3=C(C=CC4c5c(c6c7ccc8cc9ccccc9cc8c7c7ccsc7c6c6c7ccc8c(c7c7ccsc7c56)CC5CCC=CC5=C8)-c5sccc5C34)CC2C=C1. The summed E-state index contributed by atoms with van der Waals surface area (Å²) in [5.74, 6) is 1.53. The number of hydrogen-bond donors (Lipinski definition) is 0. The Hall–Kier alpha value is -6.10. The molecular weight excluding hydrogens is 817 g/mol. The summed E-state index contributed by atoms with van der Waals surface area (Å²) in [4.78, 5) is 1.47. The number of allylic oxidation sites excluding steroid dienone is 13. The standard InChI is InChI=1S/C60H38S3/c1-4-10-34-28-46-37(25-31(34)7-1)13-16-40-49(46)43-19-22-61-58(43)55-52(40)56-54(42-18-15-39-27-33-9-3-6-12-36(33)30-48(39)51(42)44-20-23-62-59(44)56)57-53(55)41-17-14-38-26-32-8-2-5-11-35(32)29-47(38)50(41)45-21-24-63-60(45)57/h1-5,7-11,13-24,26-29,31,36,40,49H,6,12,25,30H2. The third kappa shape index (κ3) is 4.41. The van der Waals surface area contributed by atoms with E-state index < -0.39 is 0 Å². The van der Waals surface area contributed by atoms with Crippen molar-refractivity contribution in [1.29, 1.82) is 0 Å². The van der Waals surface area contributed by atoms with E-state index in [0.29, 0.717) is 11.8 Å². The summed E-state index contributed by atoms with van der Waals surface area (Å²) in [6, 6.07) is 31.1. The lowest BCUT2D eigenvalue weighted by molar-refractivity contribution is 0.559. The molecule has 4 unspecified atom stereocenters. The molecule has 6 aliphatic carbocycles. The summed E-state index contributed by atoms with van der Waals surface area (Å²) >= 11 is 5.90. The molecule has 0 nitrogen and oxygen atoms in total. The van der Waals surface area contributed by atoms with Gasteiger partial charge in [0, 0.05) is 69.9 Å². The molecule has 63 heavy (non-hydrogen) atoms. The predicted octanol–water partition coefficient (Wildman–Crippen LogP) is 17.8.